The minimum absolute atomic E-state index is 0.0678. The largest absolute Gasteiger partial charge is 0.344 e. The number of aromatic amines is 1. The van der Waals surface area contributed by atoms with E-state index in [4.69, 9.17) is 0 Å². The SMILES string of the molecule is CCc1nc2ccc(NC(=O)C3CCC(=O)N3)cc2[nH]1. The predicted octanol–water partition coefficient (Wildman–Crippen LogP) is 1.34. The van der Waals surface area contributed by atoms with Gasteiger partial charge >= 0.3 is 0 Å². The Hall–Kier alpha value is -2.37. The van der Waals surface area contributed by atoms with E-state index in [2.05, 4.69) is 20.6 Å². The molecule has 2 heterocycles. The molecular formula is C14H16N4O2. The van der Waals surface area contributed by atoms with Crippen molar-refractivity contribution >= 4 is 28.5 Å². The van der Waals surface area contributed by atoms with Crippen molar-refractivity contribution in [2.24, 2.45) is 0 Å². The summed E-state index contributed by atoms with van der Waals surface area (Å²) in [6.07, 6.45) is 1.80. The molecule has 3 rings (SSSR count). The van der Waals surface area contributed by atoms with Crippen molar-refractivity contribution < 1.29 is 9.59 Å². The van der Waals surface area contributed by atoms with Crippen LogP contribution in [-0.2, 0) is 16.0 Å². The van der Waals surface area contributed by atoms with Crippen LogP contribution in [0.3, 0.4) is 0 Å². The number of aryl methyl sites for hydroxylation is 1. The number of fused-ring (bicyclic) bond motifs is 1. The maximum atomic E-state index is 12.0. The van der Waals surface area contributed by atoms with Crippen LogP contribution in [0.25, 0.3) is 11.0 Å². The molecule has 2 aromatic rings. The lowest BCUT2D eigenvalue weighted by Crippen LogP contribution is -2.37. The first-order valence-corrected chi connectivity index (χ1v) is 6.74. The number of H-pyrrole nitrogens is 1. The zero-order chi connectivity index (χ0) is 14.1. The van der Waals surface area contributed by atoms with E-state index in [0.29, 0.717) is 18.5 Å². The van der Waals surface area contributed by atoms with Crippen LogP contribution in [0.5, 0.6) is 0 Å². The molecule has 1 aromatic heterocycles. The van der Waals surface area contributed by atoms with Gasteiger partial charge in [0, 0.05) is 18.5 Å². The van der Waals surface area contributed by atoms with E-state index < -0.39 is 6.04 Å². The minimum atomic E-state index is -0.425. The number of rotatable bonds is 3. The molecule has 20 heavy (non-hydrogen) atoms. The number of hydrogen-bond acceptors (Lipinski definition) is 3. The Kier molecular flexibility index (Phi) is 3.14. The predicted molar refractivity (Wildman–Crippen MR) is 75.3 cm³/mol. The van der Waals surface area contributed by atoms with Crippen molar-refractivity contribution in [3.8, 4) is 0 Å². The molecule has 0 spiro atoms. The second-order valence-electron chi connectivity index (χ2n) is 4.92. The van der Waals surface area contributed by atoms with Gasteiger partial charge in [-0.05, 0) is 24.6 Å². The molecule has 3 N–H and O–H groups in total. The van der Waals surface area contributed by atoms with Crippen LogP contribution in [0.4, 0.5) is 5.69 Å². The molecule has 6 nitrogen and oxygen atoms in total. The Bertz CT molecular complexity index is 677. The number of hydrogen-bond donors (Lipinski definition) is 3. The van der Waals surface area contributed by atoms with Crippen molar-refractivity contribution in [2.45, 2.75) is 32.2 Å². The summed E-state index contributed by atoms with van der Waals surface area (Å²) in [5.41, 5.74) is 2.49. The highest BCUT2D eigenvalue weighted by molar-refractivity contribution is 5.99. The average Bonchev–Trinajstić information content (AvgIpc) is 3.03. The minimum Gasteiger partial charge on any atom is -0.344 e. The monoisotopic (exact) mass is 272 g/mol. The summed E-state index contributed by atoms with van der Waals surface area (Å²) in [7, 11) is 0. The third kappa shape index (κ3) is 2.36. The summed E-state index contributed by atoms with van der Waals surface area (Å²) >= 11 is 0. The number of benzene rings is 1. The number of nitrogens with zero attached hydrogens (tertiary/aromatic N) is 1. The lowest BCUT2D eigenvalue weighted by molar-refractivity contribution is -0.122. The van der Waals surface area contributed by atoms with Crippen molar-refractivity contribution in [3.63, 3.8) is 0 Å². The summed E-state index contributed by atoms with van der Waals surface area (Å²) in [5, 5.41) is 5.48. The fraction of sp³-hybridized carbons (Fsp3) is 0.357. The highest BCUT2D eigenvalue weighted by atomic mass is 16.2. The second kappa shape index (κ2) is 4.96. The van der Waals surface area contributed by atoms with Crippen molar-refractivity contribution in [2.75, 3.05) is 5.32 Å². The summed E-state index contributed by atoms with van der Waals surface area (Å²) < 4.78 is 0. The number of carbonyl (C=O) groups excluding carboxylic acids is 2. The molecule has 1 aliphatic heterocycles. The summed E-state index contributed by atoms with van der Waals surface area (Å²) in [6, 6.07) is 5.12. The first kappa shape index (κ1) is 12.7. The topological polar surface area (TPSA) is 86.9 Å². The van der Waals surface area contributed by atoms with E-state index >= 15 is 0 Å². The molecule has 1 saturated heterocycles. The van der Waals surface area contributed by atoms with Gasteiger partial charge in [-0.25, -0.2) is 4.98 Å². The quantitative estimate of drug-likeness (QED) is 0.788. The van der Waals surface area contributed by atoms with Gasteiger partial charge in [-0.3, -0.25) is 9.59 Å². The zero-order valence-corrected chi connectivity index (χ0v) is 11.2. The Morgan fingerprint density at radius 2 is 2.35 bits per heavy atom. The van der Waals surface area contributed by atoms with Crippen LogP contribution in [-0.4, -0.2) is 27.8 Å². The van der Waals surface area contributed by atoms with E-state index in [9.17, 15) is 9.59 Å². The third-order valence-electron chi connectivity index (χ3n) is 3.45. The van der Waals surface area contributed by atoms with E-state index in [1.807, 2.05) is 25.1 Å². The van der Waals surface area contributed by atoms with Crippen LogP contribution in [0.2, 0.25) is 0 Å². The van der Waals surface area contributed by atoms with Crippen LogP contribution in [0.15, 0.2) is 18.2 Å². The number of imidazole rings is 1. The summed E-state index contributed by atoms with van der Waals surface area (Å²) in [6.45, 7) is 2.03. The van der Waals surface area contributed by atoms with Crippen LogP contribution in [0.1, 0.15) is 25.6 Å². The van der Waals surface area contributed by atoms with Crippen LogP contribution in [0, 0.1) is 0 Å². The lowest BCUT2D eigenvalue weighted by Gasteiger charge is -2.10. The zero-order valence-electron chi connectivity index (χ0n) is 11.2. The molecule has 6 heteroatoms. The number of carbonyl (C=O) groups is 2. The van der Waals surface area contributed by atoms with E-state index in [-0.39, 0.29) is 11.8 Å². The smallest absolute Gasteiger partial charge is 0.246 e. The van der Waals surface area contributed by atoms with E-state index in [1.54, 1.807) is 0 Å². The fourth-order valence-electron chi connectivity index (χ4n) is 2.35. The molecule has 1 atom stereocenters. The summed E-state index contributed by atoms with van der Waals surface area (Å²) in [5.74, 6) is 0.679. The highest BCUT2D eigenvalue weighted by Gasteiger charge is 2.27. The molecule has 0 saturated carbocycles. The van der Waals surface area contributed by atoms with Gasteiger partial charge in [0.2, 0.25) is 11.8 Å². The molecule has 1 aliphatic rings. The van der Waals surface area contributed by atoms with Gasteiger partial charge in [0.25, 0.3) is 0 Å². The molecule has 0 aliphatic carbocycles. The number of aromatic nitrogens is 2. The van der Waals surface area contributed by atoms with Gasteiger partial charge in [-0.1, -0.05) is 6.92 Å². The van der Waals surface area contributed by atoms with Crippen molar-refractivity contribution in [1.29, 1.82) is 0 Å². The Balaban J connectivity index is 1.76. The second-order valence-corrected chi connectivity index (χ2v) is 4.92. The molecule has 1 fully saturated rings. The maximum Gasteiger partial charge on any atom is 0.246 e. The van der Waals surface area contributed by atoms with Gasteiger partial charge in [-0.2, -0.15) is 0 Å². The standard InChI is InChI=1S/C14H16N4O2/c1-2-12-16-9-4-3-8(7-11(9)17-12)15-14(20)10-5-6-13(19)18-10/h3-4,7,10H,2,5-6H2,1H3,(H,15,20)(H,16,17)(H,18,19). The van der Waals surface area contributed by atoms with Gasteiger partial charge in [0.15, 0.2) is 0 Å². The maximum absolute atomic E-state index is 12.0. The van der Waals surface area contributed by atoms with Gasteiger partial charge < -0.3 is 15.6 Å². The number of nitrogens with one attached hydrogen (secondary N) is 3. The molecule has 1 aromatic carbocycles. The number of amides is 2. The Morgan fingerprint density at radius 1 is 1.50 bits per heavy atom. The third-order valence-corrected chi connectivity index (χ3v) is 3.45. The normalized spacial score (nSPS) is 18.2. The van der Waals surface area contributed by atoms with Crippen molar-refractivity contribution in [1.82, 2.24) is 15.3 Å². The first-order chi connectivity index (χ1) is 9.65. The van der Waals surface area contributed by atoms with E-state index in [1.165, 1.54) is 0 Å². The van der Waals surface area contributed by atoms with Crippen LogP contribution < -0.4 is 10.6 Å². The summed E-state index contributed by atoms with van der Waals surface area (Å²) in [4.78, 5) is 30.7. The molecule has 0 radical (unpaired) electrons. The lowest BCUT2D eigenvalue weighted by atomic mass is 10.2. The average molecular weight is 272 g/mol. The highest BCUT2D eigenvalue weighted by Crippen LogP contribution is 2.18. The van der Waals surface area contributed by atoms with Gasteiger partial charge in [-0.15, -0.1) is 0 Å². The fourth-order valence-corrected chi connectivity index (χ4v) is 2.35. The van der Waals surface area contributed by atoms with Gasteiger partial charge in [0.05, 0.1) is 11.0 Å². The Morgan fingerprint density at radius 3 is 3.05 bits per heavy atom. The molecule has 0 bridgehead atoms. The van der Waals surface area contributed by atoms with E-state index in [0.717, 1.165) is 23.3 Å². The van der Waals surface area contributed by atoms with Gasteiger partial charge in [0.1, 0.15) is 11.9 Å². The molecule has 2 amide bonds. The Labute approximate surface area is 116 Å². The molecular weight excluding hydrogens is 256 g/mol. The van der Waals surface area contributed by atoms with Crippen molar-refractivity contribution in [3.05, 3.63) is 24.0 Å². The van der Waals surface area contributed by atoms with Crippen LogP contribution >= 0.6 is 0 Å². The number of anilines is 1. The first-order valence-electron chi connectivity index (χ1n) is 6.74. The molecule has 104 valence electrons. The molecule has 1 unspecified atom stereocenters.